The molecule has 0 spiro atoms. The lowest BCUT2D eigenvalue weighted by Crippen LogP contribution is -2.39. The lowest BCUT2D eigenvalue weighted by atomic mass is 9.93. The van der Waals surface area contributed by atoms with E-state index in [1.807, 2.05) is 0 Å². The number of hydrogen-bond acceptors (Lipinski definition) is 2. The third-order valence-corrected chi connectivity index (χ3v) is 3.59. The fourth-order valence-corrected chi connectivity index (χ4v) is 2.49. The van der Waals surface area contributed by atoms with Crippen molar-refractivity contribution in [2.45, 2.75) is 19.3 Å². The Morgan fingerprint density at radius 2 is 1.67 bits per heavy atom. The van der Waals surface area contributed by atoms with Gasteiger partial charge in [0.1, 0.15) is 23.0 Å². The third kappa shape index (κ3) is 3.53. The van der Waals surface area contributed by atoms with Gasteiger partial charge in [-0.3, -0.25) is 9.59 Å². The molecule has 1 aliphatic heterocycles. The van der Waals surface area contributed by atoms with E-state index in [0.717, 1.165) is 0 Å². The Morgan fingerprint density at radius 3 is 2.14 bits per heavy atom. The van der Waals surface area contributed by atoms with Crippen molar-refractivity contribution in [3.05, 3.63) is 35.1 Å². The molecule has 1 fully saturated rings. The monoisotopic (exact) mass is 301 g/mol. The highest BCUT2D eigenvalue weighted by Gasteiger charge is 2.28. The van der Waals surface area contributed by atoms with E-state index in [4.69, 9.17) is 5.11 Å². The standard InChI is InChI=1S/C14H14F3NO3/c15-9-6-10(16)13(11(17)7-9)14(21)18-3-1-8(2-4-18)5-12(19)20/h6-8H,1-5H2,(H,19,20). The molecule has 1 aliphatic rings. The third-order valence-electron chi connectivity index (χ3n) is 3.59. The van der Waals surface area contributed by atoms with Crippen LogP contribution in [-0.2, 0) is 4.79 Å². The molecule has 1 amide bonds. The first kappa shape index (κ1) is 15.3. The predicted molar refractivity (Wildman–Crippen MR) is 67.2 cm³/mol. The van der Waals surface area contributed by atoms with Gasteiger partial charge in [-0.05, 0) is 18.8 Å². The minimum Gasteiger partial charge on any atom is -0.481 e. The van der Waals surface area contributed by atoms with Crippen LogP contribution in [0.3, 0.4) is 0 Å². The van der Waals surface area contributed by atoms with Crippen LogP contribution in [0.4, 0.5) is 13.2 Å². The van der Waals surface area contributed by atoms with Gasteiger partial charge in [-0.25, -0.2) is 13.2 Å². The summed E-state index contributed by atoms with van der Waals surface area (Å²) < 4.78 is 39.9. The van der Waals surface area contributed by atoms with Gasteiger partial charge in [0.25, 0.3) is 5.91 Å². The largest absolute Gasteiger partial charge is 0.481 e. The van der Waals surface area contributed by atoms with Gasteiger partial charge >= 0.3 is 5.97 Å². The number of benzene rings is 1. The minimum atomic E-state index is -1.23. The van der Waals surface area contributed by atoms with Gasteiger partial charge in [0.05, 0.1) is 0 Å². The van der Waals surface area contributed by atoms with Crippen molar-refractivity contribution in [3.8, 4) is 0 Å². The molecule has 21 heavy (non-hydrogen) atoms. The van der Waals surface area contributed by atoms with Crippen molar-refractivity contribution in [3.63, 3.8) is 0 Å². The number of carbonyl (C=O) groups excluding carboxylic acids is 1. The topological polar surface area (TPSA) is 57.6 Å². The van der Waals surface area contributed by atoms with Crippen LogP contribution in [-0.4, -0.2) is 35.0 Å². The molecule has 2 rings (SSSR count). The molecular weight excluding hydrogens is 287 g/mol. The Morgan fingerprint density at radius 1 is 1.14 bits per heavy atom. The van der Waals surface area contributed by atoms with Gasteiger partial charge < -0.3 is 10.0 Å². The number of carbonyl (C=O) groups is 2. The second-order valence-corrected chi connectivity index (χ2v) is 5.08. The van der Waals surface area contributed by atoms with Gasteiger partial charge in [-0.2, -0.15) is 0 Å². The van der Waals surface area contributed by atoms with E-state index in [1.54, 1.807) is 0 Å². The van der Waals surface area contributed by atoms with Crippen molar-refractivity contribution < 1.29 is 27.9 Å². The van der Waals surface area contributed by atoms with E-state index in [-0.39, 0.29) is 25.4 Å². The molecule has 114 valence electrons. The summed E-state index contributed by atoms with van der Waals surface area (Å²) in [7, 11) is 0. The zero-order valence-electron chi connectivity index (χ0n) is 11.1. The van der Waals surface area contributed by atoms with E-state index < -0.39 is 34.9 Å². The molecule has 0 unspecified atom stereocenters. The number of hydrogen-bond donors (Lipinski definition) is 1. The van der Waals surface area contributed by atoms with Crippen LogP contribution in [0.25, 0.3) is 0 Å². The normalized spacial score (nSPS) is 16.0. The summed E-state index contributed by atoms with van der Waals surface area (Å²) in [6, 6.07) is 0.932. The zero-order chi connectivity index (χ0) is 15.6. The SMILES string of the molecule is O=C(O)CC1CCN(C(=O)c2c(F)cc(F)cc2F)CC1. The second-order valence-electron chi connectivity index (χ2n) is 5.08. The second kappa shape index (κ2) is 6.15. The van der Waals surface area contributed by atoms with E-state index in [0.29, 0.717) is 25.0 Å². The maximum Gasteiger partial charge on any atom is 0.303 e. The predicted octanol–water partition coefficient (Wildman–Crippen LogP) is 2.43. The molecule has 1 aromatic rings. The van der Waals surface area contributed by atoms with Crippen LogP contribution < -0.4 is 0 Å². The summed E-state index contributed by atoms with van der Waals surface area (Å²) in [6.45, 7) is 0.458. The zero-order valence-corrected chi connectivity index (χ0v) is 11.1. The van der Waals surface area contributed by atoms with Crippen molar-refractivity contribution in [2.75, 3.05) is 13.1 Å². The molecule has 0 bridgehead atoms. The van der Waals surface area contributed by atoms with E-state index in [1.165, 1.54) is 4.90 Å². The van der Waals surface area contributed by atoms with Crippen molar-refractivity contribution in [1.82, 2.24) is 4.90 Å². The van der Waals surface area contributed by atoms with Crippen LogP contribution in [0.15, 0.2) is 12.1 Å². The first-order valence-corrected chi connectivity index (χ1v) is 6.54. The number of aliphatic carboxylic acids is 1. The Balaban J connectivity index is 2.07. The van der Waals surface area contributed by atoms with E-state index >= 15 is 0 Å². The Bertz CT molecular complexity index is 546. The van der Waals surface area contributed by atoms with Gasteiger partial charge in [-0.1, -0.05) is 0 Å². The average Bonchev–Trinajstić information content (AvgIpc) is 2.37. The Hall–Kier alpha value is -2.05. The van der Waals surface area contributed by atoms with Crippen molar-refractivity contribution in [1.29, 1.82) is 0 Å². The maximum atomic E-state index is 13.6. The summed E-state index contributed by atoms with van der Waals surface area (Å²) in [6.07, 6.45) is 0.937. The molecule has 0 atom stereocenters. The molecule has 0 saturated carbocycles. The summed E-state index contributed by atoms with van der Waals surface area (Å²) in [5, 5.41) is 8.70. The first-order valence-electron chi connectivity index (χ1n) is 6.54. The highest BCUT2D eigenvalue weighted by atomic mass is 19.1. The van der Waals surface area contributed by atoms with Crippen LogP contribution in [0.5, 0.6) is 0 Å². The number of rotatable bonds is 3. The number of nitrogens with zero attached hydrogens (tertiary/aromatic N) is 1. The van der Waals surface area contributed by atoms with E-state index in [9.17, 15) is 22.8 Å². The number of likely N-dealkylation sites (tertiary alicyclic amines) is 1. The van der Waals surface area contributed by atoms with Crippen LogP contribution in [0.2, 0.25) is 0 Å². The van der Waals surface area contributed by atoms with Crippen molar-refractivity contribution in [2.24, 2.45) is 5.92 Å². The van der Waals surface area contributed by atoms with Crippen LogP contribution >= 0.6 is 0 Å². The smallest absolute Gasteiger partial charge is 0.303 e. The molecule has 7 heteroatoms. The quantitative estimate of drug-likeness (QED) is 0.933. The number of piperidine rings is 1. The molecule has 4 nitrogen and oxygen atoms in total. The van der Waals surface area contributed by atoms with Gasteiger partial charge in [-0.15, -0.1) is 0 Å². The first-order chi connectivity index (χ1) is 9.88. The summed E-state index contributed by atoms with van der Waals surface area (Å²) >= 11 is 0. The van der Waals surface area contributed by atoms with Crippen molar-refractivity contribution >= 4 is 11.9 Å². The van der Waals surface area contributed by atoms with Crippen LogP contribution in [0.1, 0.15) is 29.6 Å². The fraction of sp³-hybridized carbons (Fsp3) is 0.429. The molecule has 0 aliphatic carbocycles. The maximum absolute atomic E-state index is 13.6. The molecule has 1 N–H and O–H groups in total. The van der Waals surface area contributed by atoms with Crippen LogP contribution in [0, 0.1) is 23.4 Å². The molecule has 0 aromatic heterocycles. The highest BCUT2D eigenvalue weighted by molar-refractivity contribution is 5.94. The number of amides is 1. The minimum absolute atomic E-state index is 0.0152. The summed E-state index contributed by atoms with van der Waals surface area (Å²) in [4.78, 5) is 24.0. The lowest BCUT2D eigenvalue weighted by molar-refractivity contribution is -0.138. The Labute approximate surface area is 119 Å². The van der Waals surface area contributed by atoms with Gasteiger partial charge in [0.2, 0.25) is 0 Å². The fourth-order valence-electron chi connectivity index (χ4n) is 2.49. The molecule has 1 aromatic carbocycles. The lowest BCUT2D eigenvalue weighted by Gasteiger charge is -2.31. The molecular formula is C14H14F3NO3. The average molecular weight is 301 g/mol. The highest BCUT2D eigenvalue weighted by Crippen LogP contribution is 2.23. The molecule has 0 radical (unpaired) electrons. The van der Waals surface area contributed by atoms with Gasteiger partial charge in [0.15, 0.2) is 0 Å². The van der Waals surface area contributed by atoms with E-state index in [2.05, 4.69) is 0 Å². The molecule has 1 heterocycles. The summed E-state index contributed by atoms with van der Waals surface area (Å²) in [5.41, 5.74) is -0.770. The number of carboxylic acids is 1. The number of carboxylic acid groups (broad SMARTS) is 1. The number of halogens is 3. The molecule has 1 saturated heterocycles. The Kier molecular flexibility index (Phi) is 4.50. The van der Waals surface area contributed by atoms with Gasteiger partial charge in [0, 0.05) is 31.6 Å². The summed E-state index contributed by atoms with van der Waals surface area (Å²) in [5.74, 6) is -5.33.